The van der Waals surface area contributed by atoms with Crippen LogP contribution in [0.15, 0.2) is 16.5 Å². The number of oxazole rings is 1. The van der Waals surface area contributed by atoms with E-state index in [1.807, 2.05) is 0 Å². The van der Waals surface area contributed by atoms with Crippen LogP contribution in [-0.2, 0) is 4.74 Å². The topological polar surface area (TPSA) is 80.0 Å². The van der Waals surface area contributed by atoms with E-state index in [2.05, 4.69) is 9.72 Å². The van der Waals surface area contributed by atoms with Crippen molar-refractivity contribution in [3.8, 4) is 28.7 Å². The second-order valence-corrected chi connectivity index (χ2v) is 4.33. The summed E-state index contributed by atoms with van der Waals surface area (Å²) in [6, 6.07) is 3.38. The summed E-state index contributed by atoms with van der Waals surface area (Å²) in [5.41, 5.74) is 0.721. The Bertz CT molecular complexity index is 666. The zero-order valence-electron chi connectivity index (χ0n) is 13.1. The van der Waals surface area contributed by atoms with Crippen molar-refractivity contribution in [3.63, 3.8) is 0 Å². The van der Waals surface area contributed by atoms with E-state index in [0.717, 1.165) is 0 Å². The van der Waals surface area contributed by atoms with Crippen LogP contribution in [0.5, 0.6) is 17.2 Å². The standard InChI is InChI=1S/C15H17NO6/c1-8-12(15(17)21-5)16-14(22-8)9-6-10(18-2)13(20-4)11(7-9)19-3/h6-7H,1-5H3. The van der Waals surface area contributed by atoms with E-state index in [4.69, 9.17) is 18.6 Å². The first-order valence-corrected chi connectivity index (χ1v) is 6.41. The van der Waals surface area contributed by atoms with Crippen LogP contribution in [0.3, 0.4) is 0 Å². The molecule has 0 bridgehead atoms. The lowest BCUT2D eigenvalue weighted by Crippen LogP contribution is -2.03. The predicted molar refractivity (Wildman–Crippen MR) is 77.7 cm³/mol. The summed E-state index contributed by atoms with van der Waals surface area (Å²) in [4.78, 5) is 15.8. The molecule has 0 unspecified atom stereocenters. The van der Waals surface area contributed by atoms with Gasteiger partial charge in [0.05, 0.1) is 28.4 Å². The van der Waals surface area contributed by atoms with Crippen LogP contribution in [0.1, 0.15) is 16.2 Å². The van der Waals surface area contributed by atoms with Crippen LogP contribution < -0.4 is 14.2 Å². The molecule has 0 fully saturated rings. The summed E-state index contributed by atoms with van der Waals surface area (Å²) in [5.74, 6) is 1.47. The first-order valence-electron chi connectivity index (χ1n) is 6.41. The van der Waals surface area contributed by atoms with Crippen molar-refractivity contribution in [2.45, 2.75) is 6.92 Å². The van der Waals surface area contributed by atoms with E-state index in [1.54, 1.807) is 19.1 Å². The Labute approximate surface area is 127 Å². The van der Waals surface area contributed by atoms with Gasteiger partial charge in [-0.1, -0.05) is 0 Å². The van der Waals surface area contributed by atoms with Gasteiger partial charge in [-0.2, -0.15) is 0 Å². The Morgan fingerprint density at radius 2 is 1.64 bits per heavy atom. The molecule has 118 valence electrons. The highest BCUT2D eigenvalue weighted by atomic mass is 16.5. The highest BCUT2D eigenvalue weighted by molar-refractivity contribution is 5.88. The van der Waals surface area contributed by atoms with Crippen molar-refractivity contribution >= 4 is 5.97 Å². The molecule has 0 aliphatic heterocycles. The SMILES string of the molecule is COC(=O)c1nc(-c2cc(OC)c(OC)c(OC)c2)oc1C. The van der Waals surface area contributed by atoms with Gasteiger partial charge in [0.15, 0.2) is 17.2 Å². The fourth-order valence-electron chi connectivity index (χ4n) is 2.01. The van der Waals surface area contributed by atoms with Crippen molar-refractivity contribution in [1.29, 1.82) is 0 Å². The molecule has 2 rings (SSSR count). The molecule has 0 saturated carbocycles. The molecule has 0 N–H and O–H groups in total. The van der Waals surface area contributed by atoms with Crippen LogP contribution in [0, 0.1) is 6.92 Å². The number of esters is 1. The molecule has 0 aliphatic carbocycles. The van der Waals surface area contributed by atoms with Gasteiger partial charge >= 0.3 is 5.97 Å². The van der Waals surface area contributed by atoms with Crippen molar-refractivity contribution < 1.29 is 28.2 Å². The normalized spacial score (nSPS) is 10.2. The number of ether oxygens (including phenoxy) is 4. The Morgan fingerprint density at radius 3 is 2.09 bits per heavy atom. The fourth-order valence-corrected chi connectivity index (χ4v) is 2.01. The molecular weight excluding hydrogens is 290 g/mol. The number of aromatic nitrogens is 1. The number of nitrogens with zero attached hydrogens (tertiary/aromatic N) is 1. The molecular formula is C15H17NO6. The van der Waals surface area contributed by atoms with Gasteiger partial charge in [-0.05, 0) is 19.1 Å². The van der Waals surface area contributed by atoms with E-state index in [9.17, 15) is 4.79 Å². The molecule has 2 aromatic rings. The summed E-state index contributed by atoms with van der Waals surface area (Å²) < 4.78 is 26.0. The van der Waals surface area contributed by atoms with Gasteiger partial charge in [0, 0.05) is 5.56 Å². The molecule has 1 aromatic carbocycles. The number of carbonyl (C=O) groups is 1. The van der Waals surface area contributed by atoms with Gasteiger partial charge in [-0.25, -0.2) is 9.78 Å². The second-order valence-electron chi connectivity index (χ2n) is 4.33. The lowest BCUT2D eigenvalue weighted by Gasteiger charge is -2.12. The molecule has 0 spiro atoms. The summed E-state index contributed by atoms with van der Waals surface area (Å²) >= 11 is 0. The third-order valence-corrected chi connectivity index (χ3v) is 3.09. The maximum atomic E-state index is 11.6. The summed E-state index contributed by atoms with van der Waals surface area (Å²) in [6.45, 7) is 1.64. The zero-order chi connectivity index (χ0) is 16.3. The highest BCUT2D eigenvalue weighted by Crippen LogP contribution is 2.41. The van der Waals surface area contributed by atoms with E-state index >= 15 is 0 Å². The molecule has 0 aliphatic rings. The number of rotatable bonds is 5. The third-order valence-electron chi connectivity index (χ3n) is 3.09. The Kier molecular flexibility index (Phi) is 4.55. The minimum Gasteiger partial charge on any atom is -0.493 e. The first-order chi connectivity index (χ1) is 10.5. The Morgan fingerprint density at radius 1 is 1.05 bits per heavy atom. The molecule has 0 atom stereocenters. The van der Waals surface area contributed by atoms with E-state index in [0.29, 0.717) is 28.6 Å². The fraction of sp³-hybridized carbons (Fsp3) is 0.333. The number of benzene rings is 1. The maximum Gasteiger partial charge on any atom is 0.360 e. The Hall–Kier alpha value is -2.70. The number of carbonyl (C=O) groups excluding carboxylic acids is 1. The number of hydrogen-bond acceptors (Lipinski definition) is 7. The third kappa shape index (κ3) is 2.69. The van der Waals surface area contributed by atoms with Gasteiger partial charge in [-0.3, -0.25) is 0 Å². The van der Waals surface area contributed by atoms with Crippen molar-refractivity contribution in [1.82, 2.24) is 4.98 Å². The first kappa shape index (κ1) is 15.7. The van der Waals surface area contributed by atoms with Crippen molar-refractivity contribution in [3.05, 3.63) is 23.6 Å². The summed E-state index contributed by atoms with van der Waals surface area (Å²) in [6.07, 6.45) is 0. The van der Waals surface area contributed by atoms with Crippen LogP contribution in [0.4, 0.5) is 0 Å². The van der Waals surface area contributed by atoms with Crippen LogP contribution >= 0.6 is 0 Å². The zero-order valence-corrected chi connectivity index (χ0v) is 13.1. The quantitative estimate of drug-likeness (QED) is 0.785. The Balaban J connectivity index is 2.55. The second kappa shape index (κ2) is 6.38. The maximum absolute atomic E-state index is 11.6. The van der Waals surface area contributed by atoms with Gasteiger partial charge in [-0.15, -0.1) is 0 Å². The van der Waals surface area contributed by atoms with E-state index in [1.165, 1.54) is 28.4 Å². The summed E-state index contributed by atoms with van der Waals surface area (Å²) in [7, 11) is 5.84. The van der Waals surface area contributed by atoms with Crippen LogP contribution in [-0.4, -0.2) is 39.4 Å². The molecule has 7 nitrogen and oxygen atoms in total. The number of hydrogen-bond donors (Lipinski definition) is 0. The molecule has 1 aromatic heterocycles. The van der Waals surface area contributed by atoms with Crippen molar-refractivity contribution in [2.24, 2.45) is 0 Å². The smallest absolute Gasteiger partial charge is 0.360 e. The van der Waals surface area contributed by atoms with Gasteiger partial charge in [0.2, 0.25) is 11.6 Å². The minimum atomic E-state index is -0.556. The largest absolute Gasteiger partial charge is 0.493 e. The van der Waals surface area contributed by atoms with Crippen molar-refractivity contribution in [2.75, 3.05) is 28.4 Å². The monoisotopic (exact) mass is 307 g/mol. The average Bonchev–Trinajstić information content (AvgIpc) is 2.94. The average molecular weight is 307 g/mol. The van der Waals surface area contributed by atoms with Crippen LogP contribution in [0.2, 0.25) is 0 Å². The van der Waals surface area contributed by atoms with Gasteiger partial charge in [0.1, 0.15) is 5.76 Å². The van der Waals surface area contributed by atoms with E-state index < -0.39 is 5.97 Å². The predicted octanol–water partition coefficient (Wildman–Crippen LogP) is 2.46. The molecule has 7 heteroatoms. The number of aryl methyl sites for hydroxylation is 1. The van der Waals surface area contributed by atoms with Gasteiger partial charge in [0.25, 0.3) is 0 Å². The van der Waals surface area contributed by atoms with Crippen LogP contribution in [0.25, 0.3) is 11.5 Å². The van der Waals surface area contributed by atoms with Gasteiger partial charge < -0.3 is 23.4 Å². The molecule has 1 heterocycles. The molecule has 0 radical (unpaired) electrons. The highest BCUT2D eigenvalue weighted by Gasteiger charge is 2.21. The lowest BCUT2D eigenvalue weighted by atomic mass is 10.2. The molecule has 0 amide bonds. The minimum absolute atomic E-state index is 0.131. The van der Waals surface area contributed by atoms with E-state index in [-0.39, 0.29) is 11.6 Å². The summed E-state index contributed by atoms with van der Waals surface area (Å²) in [5, 5.41) is 0. The molecule has 22 heavy (non-hydrogen) atoms. The molecule has 0 saturated heterocycles. The number of methoxy groups -OCH3 is 4. The lowest BCUT2D eigenvalue weighted by molar-refractivity contribution is 0.0593.